The van der Waals surface area contributed by atoms with Gasteiger partial charge in [0, 0.05) is 40.4 Å². The first kappa shape index (κ1) is 53.2. The molecule has 384 valence electrons. The van der Waals surface area contributed by atoms with Crippen LogP contribution in [0.2, 0.25) is 10.0 Å². The first-order chi connectivity index (χ1) is 34.8. The number of rotatable bonds is 13. The van der Waals surface area contributed by atoms with Crippen LogP contribution in [0.1, 0.15) is 80.4 Å². The van der Waals surface area contributed by atoms with Gasteiger partial charge in [-0.05, 0) is 157 Å². The number of methoxy groups -OCH3 is 2. The van der Waals surface area contributed by atoms with E-state index in [0.717, 1.165) is 85.9 Å². The summed E-state index contributed by atoms with van der Waals surface area (Å²) in [5.74, 6) is 3.11. The summed E-state index contributed by atoms with van der Waals surface area (Å²) in [6, 6.07) is 29.3. The number of nitrogens with zero attached hydrogens (tertiary/aromatic N) is 7. The number of carbonyl (C=O) groups excluding carboxylic acids is 3. The lowest BCUT2D eigenvalue weighted by Gasteiger charge is -2.33. The Morgan fingerprint density at radius 1 is 0.750 bits per heavy atom. The molecule has 4 aromatic carbocycles. The molecule has 20 heteroatoms. The quantitative estimate of drug-likeness (QED) is 0.0281. The van der Waals surface area contributed by atoms with Gasteiger partial charge in [0.25, 0.3) is 0 Å². The third-order valence-corrected chi connectivity index (χ3v) is 13.5. The minimum Gasteiger partial charge on any atom is -0.497 e. The molecule has 5 heterocycles. The van der Waals surface area contributed by atoms with Crippen molar-refractivity contribution in [1.82, 2.24) is 19.9 Å². The molecule has 4 aliphatic heterocycles. The molecule has 0 radical (unpaired) electrons. The van der Waals surface area contributed by atoms with Crippen molar-refractivity contribution < 1.29 is 47.8 Å². The number of oxime groups is 1. The van der Waals surface area contributed by atoms with Gasteiger partial charge >= 0.3 is 18.2 Å². The van der Waals surface area contributed by atoms with Crippen LogP contribution < -0.4 is 25.0 Å². The summed E-state index contributed by atoms with van der Waals surface area (Å²) in [4.78, 5) is 50.6. The number of aromatic nitrogens is 2. The van der Waals surface area contributed by atoms with E-state index in [2.05, 4.69) is 25.1 Å². The number of hydrogen-bond donors (Lipinski definition) is 2. The van der Waals surface area contributed by atoms with Crippen molar-refractivity contribution in [1.29, 1.82) is 0 Å². The summed E-state index contributed by atoms with van der Waals surface area (Å²) >= 11 is 12.2. The molecule has 0 aliphatic carbocycles. The zero-order valence-corrected chi connectivity index (χ0v) is 42.6. The van der Waals surface area contributed by atoms with Crippen molar-refractivity contribution in [3.05, 3.63) is 130 Å². The van der Waals surface area contributed by atoms with Crippen LogP contribution in [0, 0.1) is 12.8 Å². The lowest BCUT2D eigenvalue weighted by Crippen LogP contribution is -2.42. The van der Waals surface area contributed by atoms with Crippen LogP contribution in [-0.2, 0) is 19.0 Å². The molecule has 0 unspecified atom stereocenters. The number of likely N-dealkylation sites (tertiary alicyclic amines) is 2. The second-order valence-electron chi connectivity index (χ2n) is 17.8. The van der Waals surface area contributed by atoms with E-state index in [9.17, 15) is 14.4 Å². The molecule has 4 saturated heterocycles. The summed E-state index contributed by atoms with van der Waals surface area (Å²) in [5.41, 5.74) is 8.15. The predicted octanol–water partition coefficient (Wildman–Crippen LogP) is 9.43. The number of ether oxygens (including phenoxy) is 5. The number of benzene rings is 4. The molecule has 4 fully saturated rings. The lowest BCUT2D eigenvalue weighted by molar-refractivity contribution is -0.149. The van der Waals surface area contributed by atoms with Crippen LogP contribution in [0.15, 0.2) is 107 Å². The molecule has 3 N–H and O–H groups in total. The van der Waals surface area contributed by atoms with Crippen molar-refractivity contribution >= 4 is 58.6 Å². The minimum atomic E-state index is -0.392. The van der Waals surface area contributed by atoms with Gasteiger partial charge < -0.3 is 39.1 Å². The molecular weight excluding hydrogens is 968 g/mol. The average molecular weight is 1030 g/mol. The first-order valence-corrected chi connectivity index (χ1v) is 24.7. The topological polar surface area (TPSA) is 208 Å². The van der Waals surface area contributed by atoms with Gasteiger partial charge in [0.1, 0.15) is 41.6 Å². The van der Waals surface area contributed by atoms with Gasteiger partial charge in [0.15, 0.2) is 5.82 Å². The van der Waals surface area contributed by atoms with Gasteiger partial charge in [-0.25, -0.2) is 9.59 Å². The van der Waals surface area contributed by atoms with E-state index in [4.69, 9.17) is 62.4 Å². The predicted molar refractivity (Wildman–Crippen MR) is 272 cm³/mol. The summed E-state index contributed by atoms with van der Waals surface area (Å²) in [5, 5.41) is 15.3. The maximum atomic E-state index is 13.1. The second kappa shape index (κ2) is 25.2. The van der Waals surface area contributed by atoms with Crippen molar-refractivity contribution in [2.24, 2.45) is 16.8 Å². The molecule has 0 bridgehead atoms. The fraction of sp³-hybridized carbons (Fsp3) is 0.423. The number of cyclic esters (lactones) is 2. The summed E-state index contributed by atoms with van der Waals surface area (Å²) in [7, 11) is 3.26. The van der Waals surface area contributed by atoms with Gasteiger partial charge in [-0.2, -0.15) is 4.98 Å². The Bertz CT molecular complexity index is 2600. The Kier molecular flexibility index (Phi) is 18.6. The summed E-state index contributed by atoms with van der Waals surface area (Å²) in [6.07, 6.45) is 1.86. The van der Waals surface area contributed by atoms with E-state index in [1.807, 2.05) is 86.6 Å². The van der Waals surface area contributed by atoms with E-state index < -0.39 is 6.09 Å². The molecular formula is C52H62Cl2N8O10. The van der Waals surface area contributed by atoms with Gasteiger partial charge in [0.2, 0.25) is 5.89 Å². The normalized spacial score (nSPS) is 21.0. The monoisotopic (exact) mass is 1030 g/mol. The zero-order valence-electron chi connectivity index (χ0n) is 41.1. The first-order valence-electron chi connectivity index (χ1n) is 23.9. The second-order valence-corrected chi connectivity index (χ2v) is 18.7. The Morgan fingerprint density at radius 3 is 1.58 bits per heavy atom. The van der Waals surface area contributed by atoms with E-state index in [-0.39, 0.29) is 54.0 Å². The molecule has 9 rings (SSSR count). The van der Waals surface area contributed by atoms with Crippen LogP contribution in [0.5, 0.6) is 11.5 Å². The van der Waals surface area contributed by atoms with Gasteiger partial charge in [-0.1, -0.05) is 57.8 Å². The van der Waals surface area contributed by atoms with Crippen LogP contribution in [0.25, 0.3) is 0 Å². The summed E-state index contributed by atoms with van der Waals surface area (Å²) < 4.78 is 33.3. The van der Waals surface area contributed by atoms with Crippen molar-refractivity contribution in [2.45, 2.75) is 76.7 Å². The molecule has 0 spiro atoms. The number of carbonyl (C=O) groups is 3. The van der Waals surface area contributed by atoms with E-state index in [1.165, 1.54) is 6.92 Å². The number of amides is 2. The standard InChI is InChI=1S/C25H27ClN4O4.C25H29ClN2O5.C2H6N2O/c1-16-27-24(34-28-16)17-10-12-29(13-11-17)15-22-23(18-4-3-5-21(14-18)32-2)30(25(31)33-22)20-8-6-19(26)7-9-20;1-3-32-24(29)17-11-13-27(14-12-17)16-22-23(18-5-4-6-21(15-18)31-2)28(25(30)33-22)20-9-7-19(26)8-10-20;1-2(3)4-5/h3-9,14,17,22-23H,10-13,15H2,1-2H3;4-10,15,17,22-23H,3,11-14,16H2,1-2H3;5H,1H3,(H2,3,4)/t2*22-,23-;/m00./s1. The van der Waals surface area contributed by atoms with Gasteiger partial charge in [-0.15, -0.1) is 0 Å². The summed E-state index contributed by atoms with van der Waals surface area (Å²) in [6.45, 7) is 10.0. The number of nitrogens with two attached hydrogens (primary N) is 1. The highest BCUT2D eigenvalue weighted by Gasteiger charge is 2.46. The molecule has 2 amide bonds. The molecule has 1 aromatic heterocycles. The minimum absolute atomic E-state index is 0.0629. The largest absolute Gasteiger partial charge is 0.497 e. The van der Waals surface area contributed by atoms with E-state index in [1.54, 1.807) is 48.3 Å². The molecule has 0 saturated carbocycles. The van der Waals surface area contributed by atoms with Crippen LogP contribution in [0.4, 0.5) is 21.0 Å². The fourth-order valence-electron chi connectivity index (χ4n) is 9.41. The van der Waals surface area contributed by atoms with Crippen LogP contribution in [-0.4, -0.2) is 121 Å². The Morgan fingerprint density at radius 2 is 1.19 bits per heavy atom. The number of halogens is 2. The number of aryl methyl sites for hydroxylation is 1. The van der Waals surface area contributed by atoms with Crippen molar-refractivity contribution in [2.75, 3.05) is 69.9 Å². The highest BCUT2D eigenvalue weighted by molar-refractivity contribution is 6.31. The number of piperidine rings is 2. The number of amidine groups is 1. The molecule has 5 aromatic rings. The van der Waals surface area contributed by atoms with Crippen LogP contribution >= 0.6 is 23.2 Å². The third-order valence-electron chi connectivity index (χ3n) is 13.0. The lowest BCUT2D eigenvalue weighted by atomic mass is 9.95. The van der Waals surface area contributed by atoms with Crippen LogP contribution in [0.3, 0.4) is 0 Å². The average Bonchev–Trinajstić information content (AvgIpc) is 4.08. The molecule has 4 aliphatic rings. The van der Waals surface area contributed by atoms with Crippen molar-refractivity contribution in [3.63, 3.8) is 0 Å². The zero-order chi connectivity index (χ0) is 51.3. The maximum Gasteiger partial charge on any atom is 0.415 e. The van der Waals surface area contributed by atoms with Crippen molar-refractivity contribution in [3.8, 4) is 11.5 Å². The van der Waals surface area contributed by atoms with E-state index in [0.29, 0.717) is 41.5 Å². The smallest absolute Gasteiger partial charge is 0.415 e. The molecule has 72 heavy (non-hydrogen) atoms. The SMILES string of the molecule is C/C(N)=N/O.CCOC(=O)C1CCN(C[C@@H]2OC(=O)N(c3ccc(Cl)cc3)[C@H]2c2cccc(OC)c2)CC1.COc1cccc([C@H]2[C@H](CN3CCC(c4nc(C)no4)CC3)OC(=O)N2c2ccc(Cl)cc2)c1. The number of hydrogen-bond acceptors (Lipinski definition) is 15. The molecule has 4 atom stereocenters. The maximum absolute atomic E-state index is 13.1. The van der Waals surface area contributed by atoms with Gasteiger partial charge in [0.05, 0.1) is 26.7 Å². The highest BCUT2D eigenvalue weighted by atomic mass is 35.5. The Balaban J connectivity index is 0.000000193. The third kappa shape index (κ3) is 13.5. The molecule has 18 nitrogen and oxygen atoms in total. The number of esters is 1. The van der Waals surface area contributed by atoms with E-state index >= 15 is 0 Å². The highest BCUT2D eigenvalue weighted by Crippen LogP contribution is 2.41. The Hall–Kier alpha value is -6.60. The fourth-order valence-corrected chi connectivity index (χ4v) is 9.66. The van der Waals surface area contributed by atoms with Gasteiger partial charge in [-0.3, -0.25) is 24.4 Å². The number of anilines is 2. The Labute approximate surface area is 429 Å².